The number of hydrogen-bond donors (Lipinski definition) is 3. The van der Waals surface area contributed by atoms with Gasteiger partial charge in [0.15, 0.2) is 5.11 Å². The molecule has 5 N–H and O–H groups in total. The zero-order valence-electron chi connectivity index (χ0n) is 8.67. The Hall–Kier alpha value is -0.410. The molecule has 0 radical (unpaired) electrons. The van der Waals surface area contributed by atoms with Crippen LogP contribution in [-0.4, -0.2) is 15.4 Å². The fraction of sp³-hybridized carbons (Fsp3) is 0.333. The van der Waals surface area contributed by atoms with Gasteiger partial charge in [0.2, 0.25) is 0 Å². The normalized spacial score (nSPS) is 10.1. The predicted octanol–water partition coefficient (Wildman–Crippen LogP) is 1.79. The van der Waals surface area contributed by atoms with E-state index in [4.69, 9.17) is 23.7 Å². The maximum Gasteiger partial charge on any atom is 0.251 e. The molecule has 16 heavy (non-hydrogen) atoms. The van der Waals surface area contributed by atoms with Crippen molar-refractivity contribution in [2.24, 2.45) is 11.5 Å². The standard InChI is InChI=1S/C9H12IN3OS2/c1-4-5(2-3-10)16-8(13-9(12)15)6(4)7(11)14/h2-3H2,1H3,(H2,11,14)(H3,12,13,15). The van der Waals surface area contributed by atoms with Crippen molar-refractivity contribution in [1.82, 2.24) is 0 Å². The van der Waals surface area contributed by atoms with Crippen molar-refractivity contribution in [2.75, 3.05) is 9.74 Å². The minimum absolute atomic E-state index is 0.143. The van der Waals surface area contributed by atoms with Crippen LogP contribution in [0.1, 0.15) is 20.8 Å². The second kappa shape index (κ2) is 5.78. The third-order valence-electron chi connectivity index (χ3n) is 2.05. The Morgan fingerprint density at radius 3 is 2.62 bits per heavy atom. The van der Waals surface area contributed by atoms with Gasteiger partial charge in [0.1, 0.15) is 5.00 Å². The summed E-state index contributed by atoms with van der Waals surface area (Å²) >= 11 is 8.53. The van der Waals surface area contributed by atoms with Crippen LogP contribution in [0.3, 0.4) is 0 Å². The molecule has 0 saturated carbocycles. The number of anilines is 1. The van der Waals surface area contributed by atoms with Crippen molar-refractivity contribution in [3.63, 3.8) is 0 Å². The second-order valence-electron chi connectivity index (χ2n) is 3.15. The van der Waals surface area contributed by atoms with E-state index in [-0.39, 0.29) is 5.11 Å². The molecule has 0 fully saturated rings. The van der Waals surface area contributed by atoms with Crippen LogP contribution in [0.2, 0.25) is 0 Å². The number of nitrogens with two attached hydrogens (primary N) is 2. The molecule has 0 aromatic carbocycles. The van der Waals surface area contributed by atoms with E-state index in [2.05, 4.69) is 27.9 Å². The molecular formula is C9H12IN3OS2. The van der Waals surface area contributed by atoms with Crippen LogP contribution < -0.4 is 16.8 Å². The first-order valence-corrected chi connectivity index (χ1v) is 7.26. The van der Waals surface area contributed by atoms with Gasteiger partial charge in [0.25, 0.3) is 5.91 Å². The Morgan fingerprint density at radius 2 is 2.19 bits per heavy atom. The predicted molar refractivity (Wildman–Crippen MR) is 80.6 cm³/mol. The van der Waals surface area contributed by atoms with Crippen LogP contribution in [0.25, 0.3) is 0 Å². The summed E-state index contributed by atoms with van der Waals surface area (Å²) in [6.07, 6.45) is 0.913. The second-order valence-corrected chi connectivity index (χ2v) is 5.77. The largest absolute Gasteiger partial charge is 0.376 e. The van der Waals surface area contributed by atoms with Crippen LogP contribution in [-0.2, 0) is 6.42 Å². The lowest BCUT2D eigenvalue weighted by atomic mass is 10.1. The van der Waals surface area contributed by atoms with E-state index in [9.17, 15) is 4.79 Å². The van der Waals surface area contributed by atoms with Gasteiger partial charge in [-0.25, -0.2) is 0 Å². The van der Waals surface area contributed by atoms with Gasteiger partial charge in [-0.3, -0.25) is 4.79 Å². The van der Waals surface area contributed by atoms with Crippen LogP contribution in [0, 0.1) is 6.92 Å². The van der Waals surface area contributed by atoms with Gasteiger partial charge < -0.3 is 16.8 Å². The number of primary amides is 1. The van der Waals surface area contributed by atoms with Crippen molar-refractivity contribution >= 4 is 62.2 Å². The highest BCUT2D eigenvalue weighted by Crippen LogP contribution is 2.33. The number of aryl methyl sites for hydroxylation is 1. The number of hydrogen-bond acceptors (Lipinski definition) is 3. The quantitative estimate of drug-likeness (QED) is 0.430. The van der Waals surface area contributed by atoms with Gasteiger partial charge >= 0.3 is 0 Å². The van der Waals surface area contributed by atoms with Crippen LogP contribution in [0.5, 0.6) is 0 Å². The summed E-state index contributed by atoms with van der Waals surface area (Å²) in [5.74, 6) is -0.452. The fourth-order valence-electron chi connectivity index (χ4n) is 1.38. The smallest absolute Gasteiger partial charge is 0.251 e. The van der Waals surface area contributed by atoms with E-state index in [0.29, 0.717) is 10.6 Å². The van der Waals surface area contributed by atoms with Gasteiger partial charge in [-0.2, -0.15) is 0 Å². The van der Waals surface area contributed by atoms with E-state index < -0.39 is 5.91 Å². The monoisotopic (exact) mass is 369 g/mol. The third kappa shape index (κ3) is 3.05. The molecule has 1 rings (SSSR count). The number of rotatable bonds is 4. The molecule has 0 saturated heterocycles. The average Bonchev–Trinajstić information content (AvgIpc) is 2.42. The molecule has 0 aliphatic rings. The molecular weight excluding hydrogens is 357 g/mol. The fourth-order valence-corrected chi connectivity index (χ4v) is 3.68. The van der Waals surface area contributed by atoms with E-state index in [1.807, 2.05) is 6.92 Å². The summed E-state index contributed by atoms with van der Waals surface area (Å²) in [6.45, 7) is 1.89. The highest BCUT2D eigenvalue weighted by molar-refractivity contribution is 14.1. The molecule has 1 heterocycles. The molecule has 4 nitrogen and oxygen atoms in total. The topological polar surface area (TPSA) is 81.1 Å². The molecule has 0 atom stereocenters. The van der Waals surface area contributed by atoms with Gasteiger partial charge in [-0.1, -0.05) is 22.6 Å². The van der Waals surface area contributed by atoms with E-state index in [1.165, 1.54) is 11.3 Å². The number of halogens is 1. The Balaban J connectivity index is 3.19. The number of alkyl halides is 1. The minimum atomic E-state index is -0.452. The van der Waals surface area contributed by atoms with Crippen LogP contribution in [0.4, 0.5) is 5.00 Å². The summed E-state index contributed by atoms with van der Waals surface area (Å²) < 4.78 is 0.990. The van der Waals surface area contributed by atoms with E-state index >= 15 is 0 Å². The SMILES string of the molecule is Cc1c(CCI)sc(NC(N)=S)c1C(N)=O. The molecule has 0 bridgehead atoms. The zero-order valence-corrected chi connectivity index (χ0v) is 12.5. The maximum absolute atomic E-state index is 11.3. The van der Waals surface area contributed by atoms with Gasteiger partial charge in [-0.15, -0.1) is 11.3 Å². The number of carbonyl (C=O) groups excluding carboxylic acids is 1. The van der Waals surface area contributed by atoms with Gasteiger partial charge in [-0.05, 0) is 31.1 Å². The first-order chi connectivity index (χ1) is 7.47. The van der Waals surface area contributed by atoms with Crippen molar-refractivity contribution in [2.45, 2.75) is 13.3 Å². The molecule has 0 aliphatic carbocycles. The number of amides is 1. The lowest BCUT2D eigenvalue weighted by Gasteiger charge is -2.02. The molecule has 88 valence electrons. The Kier molecular flexibility index (Phi) is 4.93. The molecule has 0 unspecified atom stereocenters. The summed E-state index contributed by atoms with van der Waals surface area (Å²) in [7, 11) is 0. The van der Waals surface area contributed by atoms with E-state index in [0.717, 1.165) is 21.3 Å². The number of nitrogens with one attached hydrogen (secondary N) is 1. The summed E-state index contributed by atoms with van der Waals surface area (Å²) in [5.41, 5.74) is 12.2. The van der Waals surface area contributed by atoms with E-state index in [1.54, 1.807) is 0 Å². The Morgan fingerprint density at radius 1 is 1.56 bits per heavy atom. The average molecular weight is 369 g/mol. The minimum Gasteiger partial charge on any atom is -0.376 e. The van der Waals surface area contributed by atoms with Crippen molar-refractivity contribution in [3.05, 3.63) is 16.0 Å². The van der Waals surface area contributed by atoms with Gasteiger partial charge in [0.05, 0.1) is 5.56 Å². The molecule has 0 spiro atoms. The molecule has 0 aliphatic heterocycles. The molecule has 1 aromatic heterocycles. The highest BCUT2D eigenvalue weighted by Gasteiger charge is 2.18. The van der Waals surface area contributed by atoms with Crippen LogP contribution >= 0.6 is 46.1 Å². The Bertz CT molecular complexity index is 431. The summed E-state index contributed by atoms with van der Waals surface area (Å²) in [5, 5.41) is 3.59. The first-order valence-electron chi connectivity index (χ1n) is 4.51. The zero-order chi connectivity index (χ0) is 12.3. The number of carbonyl (C=O) groups is 1. The Labute approximate surface area is 117 Å². The van der Waals surface area contributed by atoms with Crippen molar-refractivity contribution in [3.8, 4) is 0 Å². The summed E-state index contributed by atoms with van der Waals surface area (Å²) in [4.78, 5) is 12.5. The van der Waals surface area contributed by atoms with Gasteiger partial charge in [0, 0.05) is 9.30 Å². The molecule has 1 amide bonds. The van der Waals surface area contributed by atoms with Crippen molar-refractivity contribution in [1.29, 1.82) is 0 Å². The lowest BCUT2D eigenvalue weighted by Crippen LogP contribution is -2.21. The number of thiocarbonyl (C=S) groups is 1. The lowest BCUT2D eigenvalue weighted by molar-refractivity contribution is 0.100. The first kappa shape index (κ1) is 13.7. The number of thiophene rings is 1. The molecule has 7 heteroatoms. The third-order valence-corrected chi connectivity index (χ3v) is 3.96. The van der Waals surface area contributed by atoms with Crippen molar-refractivity contribution < 1.29 is 4.79 Å². The highest BCUT2D eigenvalue weighted by atomic mass is 127. The maximum atomic E-state index is 11.3. The summed E-state index contributed by atoms with van der Waals surface area (Å²) in [6, 6.07) is 0. The molecule has 1 aromatic rings. The van der Waals surface area contributed by atoms with Crippen LogP contribution in [0.15, 0.2) is 0 Å².